The van der Waals surface area contributed by atoms with Crippen LogP contribution in [0.3, 0.4) is 0 Å². The van der Waals surface area contributed by atoms with Crippen LogP contribution in [0.4, 0.5) is 0 Å². The lowest BCUT2D eigenvalue weighted by Crippen LogP contribution is -2.20. The number of hydrogen-bond acceptors (Lipinski definition) is 1. The van der Waals surface area contributed by atoms with Gasteiger partial charge in [-0.3, -0.25) is 4.68 Å². The molecule has 25 heavy (non-hydrogen) atoms. The summed E-state index contributed by atoms with van der Waals surface area (Å²) in [5.41, 5.74) is 10.3. The van der Waals surface area contributed by atoms with Gasteiger partial charge in [-0.15, -0.1) is 0 Å². The van der Waals surface area contributed by atoms with Crippen molar-refractivity contribution < 1.29 is 0 Å². The summed E-state index contributed by atoms with van der Waals surface area (Å²) in [5, 5.41) is 0. The van der Waals surface area contributed by atoms with Crippen molar-refractivity contribution in [3.8, 4) is 22.4 Å². The van der Waals surface area contributed by atoms with Crippen LogP contribution in [0.15, 0.2) is 54.6 Å². The largest absolute Gasteiger partial charge is 0.339 e. The maximum Gasteiger partial charge on any atom is 0.0781 e. The fraction of sp³-hybridized carbons (Fsp3) is 0.217. The molecule has 124 valence electrons. The molecule has 3 aromatic rings. The second-order valence-electron chi connectivity index (χ2n) is 7.61. The number of aromatic nitrogens is 1. The van der Waals surface area contributed by atoms with E-state index in [1.54, 1.807) is 0 Å². The van der Waals surface area contributed by atoms with E-state index in [1.165, 1.54) is 33.4 Å². The summed E-state index contributed by atoms with van der Waals surface area (Å²) in [6.45, 7) is 4.65. The van der Waals surface area contributed by atoms with Gasteiger partial charge in [-0.2, -0.15) is 0 Å². The molecule has 2 heteroatoms. The quantitative estimate of drug-likeness (QED) is 0.570. The van der Waals surface area contributed by atoms with Crippen LogP contribution in [0.1, 0.15) is 42.7 Å². The fourth-order valence-electron chi connectivity index (χ4n) is 4.69. The normalized spacial score (nSPS) is 16.4. The van der Waals surface area contributed by atoms with Gasteiger partial charge in [0.05, 0.1) is 11.4 Å². The molecule has 2 aliphatic rings. The summed E-state index contributed by atoms with van der Waals surface area (Å²) in [4.78, 5) is 0. The van der Waals surface area contributed by atoms with Crippen LogP contribution in [0.5, 0.6) is 0 Å². The van der Waals surface area contributed by atoms with Gasteiger partial charge in [-0.25, -0.2) is 0 Å². The lowest BCUT2D eigenvalue weighted by molar-refractivity contribution is 0.645. The van der Waals surface area contributed by atoms with Gasteiger partial charge in [0.2, 0.25) is 0 Å². The molecule has 5 rings (SSSR count). The molecule has 0 saturated heterocycles. The first-order valence-electron chi connectivity index (χ1n) is 8.99. The van der Waals surface area contributed by atoms with Crippen LogP contribution < -0.4 is 5.84 Å². The number of benzene rings is 2. The summed E-state index contributed by atoms with van der Waals surface area (Å²) in [6.07, 6.45) is 6.54. The van der Waals surface area contributed by atoms with Crippen molar-refractivity contribution in [3.05, 3.63) is 77.0 Å². The predicted octanol–water partition coefficient (Wildman–Crippen LogP) is 5.13. The minimum Gasteiger partial charge on any atom is -0.339 e. The van der Waals surface area contributed by atoms with E-state index in [4.69, 9.17) is 5.84 Å². The molecule has 0 spiro atoms. The van der Waals surface area contributed by atoms with E-state index in [1.807, 2.05) is 4.68 Å². The lowest BCUT2D eigenvalue weighted by Gasteiger charge is -2.28. The Morgan fingerprint density at radius 2 is 1.56 bits per heavy atom. The molecule has 2 aliphatic carbocycles. The van der Waals surface area contributed by atoms with Gasteiger partial charge in [0.25, 0.3) is 0 Å². The number of allylic oxidation sites excluding steroid dienone is 1. The molecule has 0 unspecified atom stereocenters. The van der Waals surface area contributed by atoms with E-state index in [0.29, 0.717) is 0 Å². The first-order chi connectivity index (χ1) is 12.1. The van der Waals surface area contributed by atoms with Crippen LogP contribution in [0, 0.1) is 0 Å². The highest BCUT2D eigenvalue weighted by molar-refractivity contribution is 5.93. The number of hydrogen-bond donors (Lipinski definition) is 1. The highest BCUT2D eigenvalue weighted by atomic mass is 15.3. The van der Waals surface area contributed by atoms with E-state index in [2.05, 4.69) is 74.5 Å². The SMILES string of the molecule is CC1(C)c2ccccc2-c2c3c(n(N)c2-c2ccccc21)C=CCC3. The van der Waals surface area contributed by atoms with Gasteiger partial charge in [-0.1, -0.05) is 68.5 Å². The molecule has 0 aliphatic heterocycles. The second-order valence-corrected chi connectivity index (χ2v) is 7.61. The average Bonchev–Trinajstić information content (AvgIpc) is 2.90. The second kappa shape index (κ2) is 4.89. The fourth-order valence-corrected chi connectivity index (χ4v) is 4.69. The number of nitrogens with zero attached hydrogens (tertiary/aromatic N) is 1. The van der Waals surface area contributed by atoms with Crippen LogP contribution in [0.2, 0.25) is 0 Å². The Bertz CT molecular complexity index is 1030. The van der Waals surface area contributed by atoms with E-state index in [0.717, 1.165) is 24.2 Å². The topological polar surface area (TPSA) is 30.9 Å². The Balaban J connectivity index is 2.02. The molecule has 1 heterocycles. The molecule has 0 bridgehead atoms. The molecule has 2 aromatic carbocycles. The van der Waals surface area contributed by atoms with Crippen molar-refractivity contribution in [2.75, 3.05) is 5.84 Å². The van der Waals surface area contributed by atoms with Gasteiger partial charge in [-0.05, 0) is 41.2 Å². The molecular weight excluding hydrogens is 304 g/mol. The van der Waals surface area contributed by atoms with Gasteiger partial charge in [0.15, 0.2) is 0 Å². The third-order valence-corrected chi connectivity index (χ3v) is 5.91. The molecule has 0 fully saturated rings. The number of rotatable bonds is 0. The molecule has 2 N–H and O–H groups in total. The van der Waals surface area contributed by atoms with E-state index in [9.17, 15) is 0 Å². The van der Waals surface area contributed by atoms with E-state index < -0.39 is 0 Å². The third-order valence-electron chi connectivity index (χ3n) is 5.91. The predicted molar refractivity (Wildman–Crippen MR) is 105 cm³/mol. The Hall–Kier alpha value is -2.74. The van der Waals surface area contributed by atoms with Gasteiger partial charge in [0.1, 0.15) is 0 Å². The Morgan fingerprint density at radius 3 is 2.32 bits per heavy atom. The van der Waals surface area contributed by atoms with Crippen molar-refractivity contribution in [1.82, 2.24) is 4.68 Å². The van der Waals surface area contributed by atoms with E-state index >= 15 is 0 Å². The van der Waals surface area contributed by atoms with Crippen LogP contribution in [-0.2, 0) is 11.8 Å². The van der Waals surface area contributed by atoms with Crippen molar-refractivity contribution in [3.63, 3.8) is 0 Å². The molecule has 0 amide bonds. The number of fused-ring (bicyclic) bond motifs is 7. The van der Waals surface area contributed by atoms with E-state index in [-0.39, 0.29) is 5.41 Å². The van der Waals surface area contributed by atoms with Crippen molar-refractivity contribution in [1.29, 1.82) is 0 Å². The summed E-state index contributed by atoms with van der Waals surface area (Å²) in [7, 11) is 0. The van der Waals surface area contributed by atoms with Crippen LogP contribution in [0.25, 0.3) is 28.5 Å². The molecule has 0 radical (unpaired) electrons. The number of nitrogen functional groups attached to an aromatic ring is 1. The smallest absolute Gasteiger partial charge is 0.0781 e. The van der Waals surface area contributed by atoms with Crippen molar-refractivity contribution in [2.45, 2.75) is 32.1 Å². The summed E-state index contributed by atoms with van der Waals surface area (Å²) in [5.74, 6) is 6.64. The summed E-state index contributed by atoms with van der Waals surface area (Å²) < 4.78 is 1.91. The third kappa shape index (κ3) is 1.80. The first kappa shape index (κ1) is 14.6. The molecular formula is C23H22N2. The molecule has 0 atom stereocenters. The highest BCUT2D eigenvalue weighted by Gasteiger charge is 2.36. The van der Waals surface area contributed by atoms with Crippen molar-refractivity contribution in [2.24, 2.45) is 0 Å². The molecule has 1 aromatic heterocycles. The van der Waals surface area contributed by atoms with Crippen LogP contribution in [-0.4, -0.2) is 4.68 Å². The maximum atomic E-state index is 6.64. The monoisotopic (exact) mass is 326 g/mol. The molecule has 2 nitrogen and oxygen atoms in total. The molecule has 0 saturated carbocycles. The van der Waals surface area contributed by atoms with Crippen molar-refractivity contribution >= 4 is 6.08 Å². The summed E-state index contributed by atoms with van der Waals surface area (Å²) in [6, 6.07) is 17.6. The maximum absolute atomic E-state index is 6.64. The summed E-state index contributed by atoms with van der Waals surface area (Å²) >= 11 is 0. The number of nitrogens with two attached hydrogens (primary N) is 1. The minimum absolute atomic E-state index is 0.0659. The Kier molecular flexibility index (Phi) is 2.85. The zero-order valence-electron chi connectivity index (χ0n) is 14.7. The Labute approximate surface area is 148 Å². The first-order valence-corrected chi connectivity index (χ1v) is 8.99. The van der Waals surface area contributed by atoms with Gasteiger partial charge in [0, 0.05) is 16.5 Å². The van der Waals surface area contributed by atoms with Gasteiger partial charge >= 0.3 is 0 Å². The minimum atomic E-state index is -0.0659. The zero-order valence-corrected chi connectivity index (χ0v) is 14.7. The standard InChI is InChI=1S/C23H22N2/c1-23(2)18-12-6-3-9-15(18)21-17-11-5-8-14-20(17)25(24)22(21)16-10-4-7-13-19(16)23/h3-4,6-10,12-14H,5,11,24H2,1-2H3. The van der Waals surface area contributed by atoms with Gasteiger partial charge < -0.3 is 5.84 Å². The highest BCUT2D eigenvalue weighted by Crippen LogP contribution is 2.51. The lowest BCUT2D eigenvalue weighted by atomic mass is 9.75. The van der Waals surface area contributed by atoms with Crippen LogP contribution >= 0.6 is 0 Å². The Morgan fingerprint density at radius 1 is 0.920 bits per heavy atom. The average molecular weight is 326 g/mol. The zero-order chi connectivity index (χ0) is 17.2.